The molecular weight excluding hydrogens is 324 g/mol. The lowest BCUT2D eigenvalue weighted by Gasteiger charge is -2.31. The molecule has 1 saturated heterocycles. The number of ether oxygens (including phenoxy) is 2. The highest BCUT2D eigenvalue weighted by molar-refractivity contribution is 7.14. The SMILES string of the molecule is C=CCN(C(=O)[C@H]1OCCO[C@H]1C)c1nc(-c2ccccc2)cs1. The van der Waals surface area contributed by atoms with Crippen LogP contribution in [0.5, 0.6) is 0 Å². The van der Waals surface area contributed by atoms with E-state index in [1.807, 2.05) is 42.6 Å². The number of carbonyl (C=O) groups excluding carboxylic acids is 1. The minimum Gasteiger partial charge on any atom is -0.373 e. The maximum Gasteiger partial charge on any atom is 0.260 e. The van der Waals surface area contributed by atoms with Crippen molar-refractivity contribution in [3.8, 4) is 11.3 Å². The Morgan fingerprint density at radius 3 is 2.83 bits per heavy atom. The Bertz CT molecular complexity index is 701. The molecule has 1 aliphatic rings. The molecular formula is C18H20N2O3S. The number of benzene rings is 1. The molecule has 0 saturated carbocycles. The van der Waals surface area contributed by atoms with E-state index in [0.29, 0.717) is 24.9 Å². The van der Waals surface area contributed by atoms with E-state index in [0.717, 1.165) is 11.3 Å². The Labute approximate surface area is 145 Å². The molecule has 126 valence electrons. The molecule has 0 unspecified atom stereocenters. The van der Waals surface area contributed by atoms with Crippen molar-refractivity contribution in [2.45, 2.75) is 19.1 Å². The first-order chi connectivity index (χ1) is 11.7. The van der Waals surface area contributed by atoms with Gasteiger partial charge in [-0.3, -0.25) is 9.69 Å². The van der Waals surface area contributed by atoms with Gasteiger partial charge in [-0.2, -0.15) is 0 Å². The number of anilines is 1. The van der Waals surface area contributed by atoms with Gasteiger partial charge in [-0.1, -0.05) is 36.4 Å². The molecule has 1 amide bonds. The summed E-state index contributed by atoms with van der Waals surface area (Å²) < 4.78 is 11.2. The Morgan fingerprint density at radius 1 is 1.38 bits per heavy atom. The van der Waals surface area contributed by atoms with Crippen molar-refractivity contribution in [2.24, 2.45) is 0 Å². The van der Waals surface area contributed by atoms with Gasteiger partial charge in [-0.05, 0) is 6.92 Å². The van der Waals surface area contributed by atoms with Crippen LogP contribution in [0, 0.1) is 0 Å². The van der Waals surface area contributed by atoms with Crippen molar-refractivity contribution in [1.29, 1.82) is 0 Å². The first kappa shape index (κ1) is 16.8. The van der Waals surface area contributed by atoms with Gasteiger partial charge in [-0.15, -0.1) is 17.9 Å². The van der Waals surface area contributed by atoms with E-state index in [2.05, 4.69) is 11.6 Å². The molecule has 5 nitrogen and oxygen atoms in total. The standard InChI is InChI=1S/C18H20N2O3S/c1-3-9-20(17(21)16-13(2)22-10-11-23-16)18-19-15(12-24-18)14-7-5-4-6-8-14/h3-8,12-13,16H,1,9-11H2,2H3/t13-,16-/m0/s1. The topological polar surface area (TPSA) is 51.7 Å². The third-order valence-electron chi connectivity index (χ3n) is 3.80. The molecule has 1 aromatic carbocycles. The summed E-state index contributed by atoms with van der Waals surface area (Å²) in [5.74, 6) is -0.143. The summed E-state index contributed by atoms with van der Waals surface area (Å²) in [6.07, 6.45) is 0.811. The van der Waals surface area contributed by atoms with Crippen molar-refractivity contribution < 1.29 is 14.3 Å². The van der Waals surface area contributed by atoms with Crippen LogP contribution in [0.4, 0.5) is 5.13 Å². The van der Waals surface area contributed by atoms with Crippen LogP contribution in [0.15, 0.2) is 48.4 Å². The molecule has 2 aromatic rings. The average Bonchev–Trinajstić information content (AvgIpc) is 3.10. The largest absolute Gasteiger partial charge is 0.373 e. The first-order valence-corrected chi connectivity index (χ1v) is 8.75. The highest BCUT2D eigenvalue weighted by Crippen LogP contribution is 2.28. The van der Waals surface area contributed by atoms with Crippen molar-refractivity contribution >= 4 is 22.4 Å². The lowest BCUT2D eigenvalue weighted by Crippen LogP contribution is -2.49. The number of hydrogen-bond donors (Lipinski definition) is 0. The molecule has 0 N–H and O–H groups in total. The van der Waals surface area contributed by atoms with E-state index in [-0.39, 0.29) is 12.0 Å². The van der Waals surface area contributed by atoms with E-state index in [9.17, 15) is 4.79 Å². The molecule has 1 fully saturated rings. The fraction of sp³-hybridized carbons (Fsp3) is 0.333. The van der Waals surface area contributed by atoms with Gasteiger partial charge in [0.15, 0.2) is 11.2 Å². The molecule has 1 aromatic heterocycles. The van der Waals surface area contributed by atoms with Crippen LogP contribution < -0.4 is 4.90 Å². The predicted molar refractivity (Wildman–Crippen MR) is 95.3 cm³/mol. The number of rotatable bonds is 5. The Balaban J connectivity index is 1.84. The van der Waals surface area contributed by atoms with Crippen molar-refractivity contribution in [3.05, 3.63) is 48.4 Å². The molecule has 3 rings (SSSR count). The van der Waals surface area contributed by atoms with Gasteiger partial charge in [0.2, 0.25) is 0 Å². The third-order valence-corrected chi connectivity index (χ3v) is 4.67. The van der Waals surface area contributed by atoms with Gasteiger partial charge >= 0.3 is 0 Å². The zero-order valence-corrected chi connectivity index (χ0v) is 14.4. The van der Waals surface area contributed by atoms with Crippen molar-refractivity contribution in [3.63, 3.8) is 0 Å². The summed E-state index contributed by atoms with van der Waals surface area (Å²) in [4.78, 5) is 19.1. The second-order valence-corrected chi connectivity index (χ2v) is 6.32. The van der Waals surface area contributed by atoms with Gasteiger partial charge in [0, 0.05) is 17.5 Å². The molecule has 24 heavy (non-hydrogen) atoms. The van der Waals surface area contributed by atoms with E-state index in [4.69, 9.17) is 9.47 Å². The second-order valence-electron chi connectivity index (χ2n) is 5.49. The maximum absolute atomic E-state index is 12.9. The average molecular weight is 344 g/mol. The number of amides is 1. The van der Waals surface area contributed by atoms with E-state index >= 15 is 0 Å². The molecule has 0 aliphatic carbocycles. The van der Waals surface area contributed by atoms with Crippen LogP contribution in [0.25, 0.3) is 11.3 Å². The Hall–Kier alpha value is -2.02. The number of aromatic nitrogens is 1. The van der Waals surface area contributed by atoms with E-state index < -0.39 is 6.10 Å². The highest BCUT2D eigenvalue weighted by Gasteiger charge is 2.34. The number of thiazole rings is 1. The fourth-order valence-corrected chi connectivity index (χ4v) is 3.43. The van der Waals surface area contributed by atoms with Gasteiger partial charge in [0.05, 0.1) is 25.0 Å². The summed E-state index contributed by atoms with van der Waals surface area (Å²) >= 11 is 1.44. The van der Waals surface area contributed by atoms with Crippen LogP contribution in [0.2, 0.25) is 0 Å². The lowest BCUT2D eigenvalue weighted by molar-refractivity contribution is -0.159. The molecule has 0 bridgehead atoms. The molecule has 1 aliphatic heterocycles. The summed E-state index contributed by atoms with van der Waals surface area (Å²) in [7, 11) is 0. The maximum atomic E-state index is 12.9. The third kappa shape index (κ3) is 3.56. The lowest BCUT2D eigenvalue weighted by atomic mass is 10.2. The van der Waals surface area contributed by atoms with E-state index in [1.54, 1.807) is 11.0 Å². The first-order valence-electron chi connectivity index (χ1n) is 7.87. The predicted octanol–water partition coefficient (Wildman–Crippen LogP) is 3.13. The number of hydrogen-bond acceptors (Lipinski definition) is 5. The molecule has 0 spiro atoms. The number of nitrogens with zero attached hydrogens (tertiary/aromatic N) is 2. The molecule has 2 atom stereocenters. The number of carbonyl (C=O) groups is 1. The van der Waals surface area contributed by atoms with Crippen LogP contribution in [-0.2, 0) is 14.3 Å². The Kier molecular flexibility index (Phi) is 5.40. The molecule has 2 heterocycles. The summed E-state index contributed by atoms with van der Waals surface area (Å²) in [6.45, 7) is 6.92. The van der Waals surface area contributed by atoms with Gasteiger partial charge < -0.3 is 9.47 Å². The summed E-state index contributed by atoms with van der Waals surface area (Å²) in [5.41, 5.74) is 1.88. The van der Waals surface area contributed by atoms with Crippen LogP contribution in [-0.4, -0.2) is 42.9 Å². The van der Waals surface area contributed by atoms with Crippen molar-refractivity contribution in [2.75, 3.05) is 24.7 Å². The zero-order valence-electron chi connectivity index (χ0n) is 13.6. The minimum atomic E-state index is -0.609. The van der Waals surface area contributed by atoms with Gasteiger partial charge in [0.1, 0.15) is 0 Å². The fourth-order valence-electron chi connectivity index (χ4n) is 2.58. The van der Waals surface area contributed by atoms with Gasteiger partial charge in [-0.25, -0.2) is 4.98 Å². The van der Waals surface area contributed by atoms with Crippen molar-refractivity contribution in [1.82, 2.24) is 4.98 Å². The van der Waals surface area contributed by atoms with Gasteiger partial charge in [0.25, 0.3) is 5.91 Å². The second kappa shape index (κ2) is 7.70. The van der Waals surface area contributed by atoms with Crippen LogP contribution >= 0.6 is 11.3 Å². The monoisotopic (exact) mass is 344 g/mol. The Morgan fingerprint density at radius 2 is 2.12 bits per heavy atom. The minimum absolute atomic E-state index is 0.143. The highest BCUT2D eigenvalue weighted by atomic mass is 32.1. The van der Waals surface area contributed by atoms with Crippen LogP contribution in [0.1, 0.15) is 6.92 Å². The molecule has 0 radical (unpaired) electrons. The smallest absolute Gasteiger partial charge is 0.260 e. The molecule has 6 heteroatoms. The normalized spacial score (nSPS) is 20.5. The van der Waals surface area contributed by atoms with Crippen LogP contribution in [0.3, 0.4) is 0 Å². The zero-order chi connectivity index (χ0) is 16.9. The summed E-state index contributed by atoms with van der Waals surface area (Å²) in [6, 6.07) is 9.90. The van der Waals surface area contributed by atoms with E-state index in [1.165, 1.54) is 11.3 Å². The summed E-state index contributed by atoms with van der Waals surface area (Å²) in [5, 5.41) is 2.59. The quantitative estimate of drug-likeness (QED) is 0.782.